The standard InChI is InChI=1S/C18H11ClF3NO3/c1-26-16-5-2-9(6-13(16)19)15-8-12(17(24)25)11-7-10(18(20,21)22)3-4-14(11)23-15/h2-8H,1H3,(H,24,25). The van der Waals surface area contributed by atoms with Gasteiger partial charge < -0.3 is 9.84 Å². The number of methoxy groups -OCH3 is 1. The Balaban J connectivity index is 2.23. The Morgan fingerprint density at radius 3 is 2.46 bits per heavy atom. The summed E-state index contributed by atoms with van der Waals surface area (Å²) in [6.45, 7) is 0. The number of fused-ring (bicyclic) bond motifs is 1. The predicted molar refractivity (Wildman–Crippen MR) is 90.7 cm³/mol. The average molecular weight is 382 g/mol. The van der Waals surface area contributed by atoms with Gasteiger partial charge in [-0.15, -0.1) is 0 Å². The average Bonchev–Trinajstić information content (AvgIpc) is 2.59. The Kier molecular flexibility index (Phi) is 4.50. The molecule has 0 aliphatic carbocycles. The summed E-state index contributed by atoms with van der Waals surface area (Å²) < 4.78 is 43.8. The van der Waals surface area contributed by atoms with Crippen LogP contribution in [0.1, 0.15) is 15.9 Å². The largest absolute Gasteiger partial charge is 0.495 e. The molecule has 3 aromatic rings. The van der Waals surface area contributed by atoms with Gasteiger partial charge in [0.1, 0.15) is 5.75 Å². The van der Waals surface area contributed by atoms with Gasteiger partial charge in [-0.2, -0.15) is 13.2 Å². The molecule has 0 bridgehead atoms. The first-order chi connectivity index (χ1) is 12.2. The van der Waals surface area contributed by atoms with Crippen molar-refractivity contribution in [2.45, 2.75) is 6.18 Å². The minimum absolute atomic E-state index is 0.0873. The molecule has 2 aromatic carbocycles. The molecule has 0 fully saturated rings. The lowest BCUT2D eigenvalue weighted by atomic mass is 10.0. The van der Waals surface area contributed by atoms with E-state index in [9.17, 15) is 23.1 Å². The molecule has 1 aromatic heterocycles. The first-order valence-corrected chi connectivity index (χ1v) is 7.67. The third kappa shape index (κ3) is 3.30. The minimum Gasteiger partial charge on any atom is -0.495 e. The Hall–Kier alpha value is -2.80. The molecular formula is C18H11ClF3NO3. The SMILES string of the molecule is COc1ccc(-c2cc(C(=O)O)c3cc(C(F)(F)F)ccc3n2)cc1Cl. The molecule has 0 amide bonds. The van der Waals surface area contributed by atoms with Crippen molar-refractivity contribution in [2.24, 2.45) is 0 Å². The van der Waals surface area contributed by atoms with Crippen LogP contribution in [0.3, 0.4) is 0 Å². The van der Waals surface area contributed by atoms with Crippen LogP contribution in [-0.2, 0) is 6.18 Å². The van der Waals surface area contributed by atoms with Crippen molar-refractivity contribution in [3.63, 3.8) is 0 Å². The van der Waals surface area contributed by atoms with E-state index in [1.807, 2.05) is 0 Å². The number of pyridine rings is 1. The lowest BCUT2D eigenvalue weighted by molar-refractivity contribution is -0.137. The molecule has 0 unspecified atom stereocenters. The molecule has 0 saturated carbocycles. The quantitative estimate of drug-likeness (QED) is 0.670. The summed E-state index contributed by atoms with van der Waals surface area (Å²) in [5.74, 6) is -0.915. The van der Waals surface area contributed by atoms with Gasteiger partial charge in [0.25, 0.3) is 0 Å². The van der Waals surface area contributed by atoms with Crippen molar-refractivity contribution in [1.82, 2.24) is 4.98 Å². The zero-order chi connectivity index (χ0) is 19.1. The summed E-state index contributed by atoms with van der Waals surface area (Å²) in [5.41, 5.74) is -0.281. The number of benzene rings is 2. The fraction of sp³-hybridized carbons (Fsp3) is 0.111. The van der Waals surface area contributed by atoms with Gasteiger partial charge in [-0.05, 0) is 42.5 Å². The maximum Gasteiger partial charge on any atom is 0.416 e. The number of aromatic nitrogens is 1. The molecule has 0 radical (unpaired) electrons. The van der Waals surface area contributed by atoms with Crippen LogP contribution in [0.4, 0.5) is 13.2 Å². The maximum atomic E-state index is 12.9. The summed E-state index contributed by atoms with van der Waals surface area (Å²) in [4.78, 5) is 15.8. The molecule has 8 heteroatoms. The van der Waals surface area contributed by atoms with E-state index in [1.54, 1.807) is 18.2 Å². The summed E-state index contributed by atoms with van der Waals surface area (Å²) in [6.07, 6.45) is -4.58. The summed E-state index contributed by atoms with van der Waals surface area (Å²) in [7, 11) is 1.45. The number of aromatic carboxylic acids is 1. The molecule has 0 aliphatic rings. The highest BCUT2D eigenvalue weighted by molar-refractivity contribution is 6.32. The van der Waals surface area contributed by atoms with E-state index in [1.165, 1.54) is 13.2 Å². The van der Waals surface area contributed by atoms with E-state index in [-0.39, 0.29) is 22.2 Å². The maximum absolute atomic E-state index is 12.9. The number of nitrogens with zero attached hydrogens (tertiary/aromatic N) is 1. The third-order valence-corrected chi connectivity index (χ3v) is 4.11. The van der Waals surface area contributed by atoms with Gasteiger partial charge >= 0.3 is 12.1 Å². The van der Waals surface area contributed by atoms with Gasteiger partial charge in [-0.3, -0.25) is 0 Å². The molecule has 0 aliphatic heterocycles. The third-order valence-electron chi connectivity index (χ3n) is 3.81. The molecule has 26 heavy (non-hydrogen) atoms. The molecule has 134 valence electrons. The van der Waals surface area contributed by atoms with Gasteiger partial charge in [-0.1, -0.05) is 11.6 Å². The van der Waals surface area contributed by atoms with Gasteiger partial charge in [0, 0.05) is 10.9 Å². The number of hydrogen-bond acceptors (Lipinski definition) is 3. The van der Waals surface area contributed by atoms with Gasteiger partial charge in [0.2, 0.25) is 0 Å². The summed E-state index contributed by atoms with van der Waals surface area (Å²) >= 11 is 6.08. The molecule has 0 spiro atoms. The van der Waals surface area contributed by atoms with E-state index >= 15 is 0 Å². The van der Waals surface area contributed by atoms with Crippen LogP contribution in [0.2, 0.25) is 5.02 Å². The molecule has 1 N–H and O–H groups in total. The normalized spacial score (nSPS) is 11.6. The second-order valence-corrected chi connectivity index (χ2v) is 5.85. The van der Waals surface area contributed by atoms with Crippen LogP contribution in [0.25, 0.3) is 22.2 Å². The van der Waals surface area contributed by atoms with Gasteiger partial charge in [0.05, 0.1) is 34.5 Å². The van der Waals surface area contributed by atoms with Crippen molar-refractivity contribution in [3.8, 4) is 17.0 Å². The Morgan fingerprint density at radius 2 is 1.88 bits per heavy atom. The smallest absolute Gasteiger partial charge is 0.416 e. The first kappa shape index (κ1) is 18.0. The van der Waals surface area contributed by atoms with E-state index < -0.39 is 17.7 Å². The van der Waals surface area contributed by atoms with Crippen molar-refractivity contribution >= 4 is 28.5 Å². The lowest BCUT2D eigenvalue weighted by Crippen LogP contribution is -2.06. The molecule has 0 saturated heterocycles. The first-order valence-electron chi connectivity index (χ1n) is 7.30. The zero-order valence-electron chi connectivity index (χ0n) is 13.3. The van der Waals surface area contributed by atoms with Crippen molar-refractivity contribution in [2.75, 3.05) is 7.11 Å². The molecule has 4 nitrogen and oxygen atoms in total. The molecule has 3 rings (SSSR count). The Morgan fingerprint density at radius 1 is 1.15 bits per heavy atom. The number of hydrogen-bond donors (Lipinski definition) is 1. The Labute approximate surface area is 150 Å². The van der Waals surface area contributed by atoms with Crippen LogP contribution in [0.5, 0.6) is 5.75 Å². The number of ether oxygens (including phenoxy) is 1. The Bertz CT molecular complexity index is 1020. The summed E-state index contributed by atoms with van der Waals surface area (Å²) in [5, 5.41) is 9.64. The highest BCUT2D eigenvalue weighted by Crippen LogP contribution is 2.34. The number of carboxylic acid groups (broad SMARTS) is 1. The minimum atomic E-state index is -4.58. The van der Waals surface area contributed by atoms with Crippen LogP contribution < -0.4 is 4.74 Å². The number of alkyl halides is 3. The zero-order valence-corrected chi connectivity index (χ0v) is 14.0. The number of carboxylic acids is 1. The monoisotopic (exact) mass is 381 g/mol. The van der Waals surface area contributed by atoms with E-state index in [0.29, 0.717) is 16.3 Å². The molecular weight excluding hydrogens is 371 g/mol. The van der Waals surface area contributed by atoms with Crippen LogP contribution >= 0.6 is 11.6 Å². The molecule has 0 atom stereocenters. The number of halogens is 4. The molecule has 1 heterocycles. The van der Waals surface area contributed by atoms with Crippen molar-refractivity contribution < 1.29 is 27.8 Å². The van der Waals surface area contributed by atoms with Crippen molar-refractivity contribution in [1.29, 1.82) is 0 Å². The lowest BCUT2D eigenvalue weighted by Gasteiger charge is -2.11. The number of rotatable bonds is 3. The van der Waals surface area contributed by atoms with Gasteiger partial charge in [-0.25, -0.2) is 9.78 Å². The predicted octanol–water partition coefficient (Wildman–Crippen LogP) is 5.28. The van der Waals surface area contributed by atoms with Crippen LogP contribution in [-0.4, -0.2) is 23.2 Å². The van der Waals surface area contributed by atoms with Crippen LogP contribution in [0.15, 0.2) is 42.5 Å². The van der Waals surface area contributed by atoms with E-state index in [0.717, 1.165) is 18.2 Å². The second-order valence-electron chi connectivity index (χ2n) is 5.44. The highest BCUT2D eigenvalue weighted by atomic mass is 35.5. The van der Waals surface area contributed by atoms with Gasteiger partial charge in [0.15, 0.2) is 0 Å². The highest BCUT2D eigenvalue weighted by Gasteiger charge is 2.31. The topological polar surface area (TPSA) is 59.4 Å². The number of carbonyl (C=O) groups is 1. The summed E-state index contributed by atoms with van der Waals surface area (Å²) in [6, 6.07) is 8.81. The fourth-order valence-electron chi connectivity index (χ4n) is 2.55. The van der Waals surface area contributed by atoms with Crippen molar-refractivity contribution in [3.05, 3.63) is 58.6 Å². The second kappa shape index (κ2) is 6.49. The van der Waals surface area contributed by atoms with Crippen LogP contribution in [0, 0.1) is 0 Å². The fourth-order valence-corrected chi connectivity index (χ4v) is 2.81. The van der Waals surface area contributed by atoms with E-state index in [4.69, 9.17) is 16.3 Å². The van der Waals surface area contributed by atoms with E-state index in [2.05, 4.69) is 4.98 Å².